The predicted octanol–water partition coefficient (Wildman–Crippen LogP) is 2.92. The molecule has 0 fully saturated rings. The van der Waals surface area contributed by atoms with Gasteiger partial charge in [-0.25, -0.2) is 9.97 Å². The quantitative estimate of drug-likeness (QED) is 0.943. The number of hydrogen-bond donors (Lipinski definition) is 1. The Labute approximate surface area is 119 Å². The summed E-state index contributed by atoms with van der Waals surface area (Å²) in [4.78, 5) is 7.77. The van der Waals surface area contributed by atoms with E-state index < -0.39 is 17.8 Å². The maximum Gasteiger partial charge on any atom is 0.417 e. The van der Waals surface area contributed by atoms with Crippen LogP contribution in [-0.2, 0) is 6.18 Å². The number of aliphatic hydroxyl groups excluding tert-OH is 1. The second-order valence-corrected chi connectivity index (χ2v) is 4.45. The van der Waals surface area contributed by atoms with Crippen LogP contribution in [0, 0.1) is 0 Å². The molecule has 0 spiro atoms. The molecule has 0 amide bonds. The van der Waals surface area contributed by atoms with Crippen molar-refractivity contribution in [2.24, 2.45) is 0 Å². The zero-order valence-corrected chi connectivity index (χ0v) is 11.1. The van der Waals surface area contributed by atoms with E-state index in [2.05, 4.69) is 9.97 Å². The molecule has 2 aromatic rings. The fourth-order valence-electron chi connectivity index (χ4n) is 1.67. The third kappa shape index (κ3) is 3.91. The van der Waals surface area contributed by atoms with Crippen LogP contribution in [0.3, 0.4) is 0 Å². The highest BCUT2D eigenvalue weighted by molar-refractivity contribution is 5.61. The molecule has 0 aliphatic rings. The molecule has 7 heteroatoms. The lowest BCUT2D eigenvalue weighted by Gasteiger charge is -2.12. The van der Waals surface area contributed by atoms with Gasteiger partial charge in [-0.15, -0.1) is 0 Å². The van der Waals surface area contributed by atoms with Gasteiger partial charge in [0.05, 0.1) is 24.1 Å². The van der Waals surface area contributed by atoms with Crippen molar-refractivity contribution in [3.05, 3.63) is 42.2 Å². The number of hydrogen-bond acceptors (Lipinski definition) is 4. The highest BCUT2D eigenvalue weighted by Crippen LogP contribution is 2.35. The number of benzene rings is 1. The summed E-state index contributed by atoms with van der Waals surface area (Å²) in [5.74, 6) is 0.247. The topological polar surface area (TPSA) is 55.2 Å². The van der Waals surface area contributed by atoms with Gasteiger partial charge in [0.2, 0.25) is 0 Å². The van der Waals surface area contributed by atoms with Gasteiger partial charge in [0.15, 0.2) is 11.6 Å². The van der Waals surface area contributed by atoms with E-state index in [1.54, 1.807) is 6.92 Å². The first kappa shape index (κ1) is 15.2. The number of alkyl halides is 3. The van der Waals surface area contributed by atoms with Gasteiger partial charge < -0.3 is 9.84 Å². The molecule has 4 nitrogen and oxygen atoms in total. The molecule has 21 heavy (non-hydrogen) atoms. The van der Waals surface area contributed by atoms with Gasteiger partial charge >= 0.3 is 6.18 Å². The lowest BCUT2D eigenvalue weighted by Crippen LogP contribution is -2.13. The summed E-state index contributed by atoms with van der Waals surface area (Å²) in [5, 5.41) is 9.08. The van der Waals surface area contributed by atoms with Crippen molar-refractivity contribution in [2.45, 2.75) is 19.2 Å². The SMILES string of the molecule is CC(O)COc1cnc(-c2ccccc2C(F)(F)F)nc1. The van der Waals surface area contributed by atoms with Crippen molar-refractivity contribution in [1.29, 1.82) is 0 Å². The van der Waals surface area contributed by atoms with Gasteiger partial charge in [0.1, 0.15) is 6.61 Å². The molecule has 0 saturated carbocycles. The van der Waals surface area contributed by atoms with Crippen LogP contribution in [0.4, 0.5) is 13.2 Å². The molecule has 1 N–H and O–H groups in total. The van der Waals surface area contributed by atoms with Crippen molar-refractivity contribution < 1.29 is 23.0 Å². The highest BCUT2D eigenvalue weighted by atomic mass is 19.4. The summed E-state index contributed by atoms with van der Waals surface area (Å²) in [7, 11) is 0. The molecule has 1 aromatic carbocycles. The number of nitrogens with zero attached hydrogens (tertiary/aromatic N) is 2. The number of ether oxygens (including phenoxy) is 1. The maximum atomic E-state index is 12.9. The second kappa shape index (κ2) is 6.09. The third-order valence-corrected chi connectivity index (χ3v) is 2.59. The van der Waals surface area contributed by atoms with E-state index in [1.165, 1.54) is 30.6 Å². The summed E-state index contributed by atoms with van der Waals surface area (Å²) >= 11 is 0. The third-order valence-electron chi connectivity index (χ3n) is 2.59. The largest absolute Gasteiger partial charge is 0.488 e. The molecule has 112 valence electrons. The molecular formula is C14H13F3N2O2. The van der Waals surface area contributed by atoms with Crippen molar-refractivity contribution in [3.8, 4) is 17.1 Å². The summed E-state index contributed by atoms with van der Waals surface area (Å²) in [5.41, 5.74) is -0.880. The molecule has 1 heterocycles. The second-order valence-electron chi connectivity index (χ2n) is 4.45. The molecular weight excluding hydrogens is 285 g/mol. The van der Waals surface area contributed by atoms with E-state index in [-0.39, 0.29) is 23.7 Å². The first-order valence-electron chi connectivity index (χ1n) is 6.17. The molecule has 2 rings (SSSR count). The fraction of sp³-hybridized carbons (Fsp3) is 0.286. The average molecular weight is 298 g/mol. The smallest absolute Gasteiger partial charge is 0.417 e. The maximum absolute atomic E-state index is 12.9. The number of halogens is 3. The Bertz CT molecular complexity index is 598. The average Bonchev–Trinajstić information content (AvgIpc) is 2.45. The van der Waals surface area contributed by atoms with Gasteiger partial charge in [-0.05, 0) is 13.0 Å². The van der Waals surface area contributed by atoms with E-state index in [9.17, 15) is 13.2 Å². The Kier molecular flexibility index (Phi) is 4.42. The molecule has 1 unspecified atom stereocenters. The molecule has 0 saturated heterocycles. The van der Waals surface area contributed by atoms with Crippen molar-refractivity contribution >= 4 is 0 Å². The van der Waals surface area contributed by atoms with Crippen molar-refractivity contribution in [3.63, 3.8) is 0 Å². The zero-order chi connectivity index (χ0) is 15.5. The molecule has 0 bridgehead atoms. The zero-order valence-electron chi connectivity index (χ0n) is 11.1. The Morgan fingerprint density at radius 2 is 1.81 bits per heavy atom. The molecule has 0 aliphatic heterocycles. The number of aliphatic hydroxyl groups is 1. The normalized spacial score (nSPS) is 13.0. The molecule has 0 radical (unpaired) electrons. The molecule has 1 aromatic heterocycles. The Morgan fingerprint density at radius 3 is 2.38 bits per heavy atom. The predicted molar refractivity (Wildman–Crippen MR) is 69.6 cm³/mol. The number of aromatic nitrogens is 2. The monoisotopic (exact) mass is 298 g/mol. The Balaban J connectivity index is 2.27. The highest BCUT2D eigenvalue weighted by Gasteiger charge is 2.33. The lowest BCUT2D eigenvalue weighted by atomic mass is 10.1. The summed E-state index contributed by atoms with van der Waals surface area (Å²) in [6, 6.07) is 5.10. The van der Waals surface area contributed by atoms with Gasteiger partial charge in [-0.1, -0.05) is 18.2 Å². The van der Waals surface area contributed by atoms with Gasteiger partial charge in [0, 0.05) is 5.56 Å². The summed E-state index contributed by atoms with van der Waals surface area (Å²) < 4.78 is 43.9. The van der Waals surface area contributed by atoms with E-state index in [1.807, 2.05) is 0 Å². The fourth-order valence-corrected chi connectivity index (χ4v) is 1.67. The molecule has 0 aliphatic carbocycles. The van der Waals surface area contributed by atoms with Crippen LogP contribution in [0.2, 0.25) is 0 Å². The van der Waals surface area contributed by atoms with Gasteiger partial charge in [-0.3, -0.25) is 0 Å². The van der Waals surface area contributed by atoms with Crippen LogP contribution in [0.5, 0.6) is 5.75 Å². The minimum absolute atomic E-state index is 0.0349. The first-order chi connectivity index (χ1) is 9.88. The Morgan fingerprint density at radius 1 is 1.19 bits per heavy atom. The summed E-state index contributed by atoms with van der Waals surface area (Å²) in [6.07, 6.45) is -2.58. The van der Waals surface area contributed by atoms with Crippen LogP contribution in [0.15, 0.2) is 36.7 Å². The van der Waals surface area contributed by atoms with Crippen LogP contribution < -0.4 is 4.74 Å². The van der Waals surface area contributed by atoms with Crippen LogP contribution in [0.1, 0.15) is 12.5 Å². The van der Waals surface area contributed by atoms with Gasteiger partial charge in [-0.2, -0.15) is 13.2 Å². The van der Waals surface area contributed by atoms with E-state index in [0.717, 1.165) is 6.07 Å². The minimum atomic E-state index is -4.47. The first-order valence-corrected chi connectivity index (χ1v) is 6.17. The Hall–Kier alpha value is -2.15. The van der Waals surface area contributed by atoms with Crippen LogP contribution in [0.25, 0.3) is 11.4 Å². The number of rotatable bonds is 4. The lowest BCUT2D eigenvalue weighted by molar-refractivity contribution is -0.137. The minimum Gasteiger partial charge on any atom is -0.488 e. The van der Waals surface area contributed by atoms with Crippen molar-refractivity contribution in [2.75, 3.05) is 6.61 Å². The van der Waals surface area contributed by atoms with Crippen LogP contribution in [-0.4, -0.2) is 27.8 Å². The standard InChI is InChI=1S/C14H13F3N2O2/c1-9(20)8-21-10-6-18-13(19-7-10)11-4-2-3-5-12(11)14(15,16)17/h2-7,9,20H,8H2,1H3. The van der Waals surface area contributed by atoms with E-state index >= 15 is 0 Å². The summed E-state index contributed by atoms with van der Waals surface area (Å²) in [6.45, 7) is 1.61. The van der Waals surface area contributed by atoms with Gasteiger partial charge in [0.25, 0.3) is 0 Å². The van der Waals surface area contributed by atoms with E-state index in [0.29, 0.717) is 0 Å². The van der Waals surface area contributed by atoms with Crippen molar-refractivity contribution in [1.82, 2.24) is 9.97 Å². The molecule has 1 atom stereocenters. The van der Waals surface area contributed by atoms with E-state index in [4.69, 9.17) is 9.84 Å². The van der Waals surface area contributed by atoms with Crippen LogP contribution >= 0.6 is 0 Å².